The highest BCUT2D eigenvalue weighted by Gasteiger charge is 2.17. The van der Waals surface area contributed by atoms with Crippen molar-refractivity contribution in [2.75, 3.05) is 19.7 Å². The van der Waals surface area contributed by atoms with Gasteiger partial charge in [-0.05, 0) is 19.1 Å². The molecule has 1 N–H and O–H groups in total. The van der Waals surface area contributed by atoms with Crippen molar-refractivity contribution in [2.24, 2.45) is 0 Å². The van der Waals surface area contributed by atoms with E-state index in [1.165, 1.54) is 6.20 Å². The number of hydrogen-bond acceptors (Lipinski definition) is 4. The fourth-order valence-corrected chi connectivity index (χ4v) is 1.91. The van der Waals surface area contributed by atoms with Gasteiger partial charge in [0.15, 0.2) is 0 Å². The minimum Gasteiger partial charge on any atom is -0.478 e. The molecule has 5 heteroatoms. The highest BCUT2D eigenvalue weighted by Crippen LogP contribution is 2.09. The van der Waals surface area contributed by atoms with Gasteiger partial charge < -0.3 is 9.84 Å². The number of nitrogens with zero attached hydrogens (tertiary/aromatic N) is 2. The second kappa shape index (κ2) is 5.25. The smallest absolute Gasteiger partial charge is 0.337 e. The van der Waals surface area contributed by atoms with Crippen LogP contribution in [0.1, 0.15) is 23.0 Å². The molecule has 0 bridgehead atoms. The Hall–Kier alpha value is -1.46. The van der Waals surface area contributed by atoms with Gasteiger partial charge in [0.2, 0.25) is 0 Å². The lowest BCUT2D eigenvalue weighted by atomic mass is 10.2. The average molecular weight is 236 g/mol. The van der Waals surface area contributed by atoms with Gasteiger partial charge in [0.05, 0.1) is 24.0 Å². The van der Waals surface area contributed by atoms with Gasteiger partial charge in [-0.3, -0.25) is 9.88 Å². The number of rotatable bonds is 3. The average Bonchev–Trinajstić information content (AvgIpc) is 2.29. The van der Waals surface area contributed by atoms with E-state index in [4.69, 9.17) is 9.84 Å². The maximum absolute atomic E-state index is 10.7. The molecule has 1 aromatic rings. The molecule has 5 nitrogen and oxygen atoms in total. The van der Waals surface area contributed by atoms with Crippen LogP contribution in [0.25, 0.3) is 0 Å². The highest BCUT2D eigenvalue weighted by atomic mass is 16.5. The fraction of sp³-hybridized carbons (Fsp3) is 0.500. The zero-order valence-corrected chi connectivity index (χ0v) is 9.80. The number of hydrogen-bond donors (Lipinski definition) is 1. The van der Waals surface area contributed by atoms with E-state index in [0.29, 0.717) is 0 Å². The molecule has 1 atom stereocenters. The molecule has 0 aromatic carbocycles. The van der Waals surface area contributed by atoms with Crippen molar-refractivity contribution >= 4 is 5.97 Å². The fourth-order valence-electron chi connectivity index (χ4n) is 1.91. The van der Waals surface area contributed by atoms with E-state index in [0.717, 1.165) is 31.9 Å². The quantitative estimate of drug-likeness (QED) is 0.848. The van der Waals surface area contributed by atoms with E-state index in [1.807, 2.05) is 6.92 Å². The van der Waals surface area contributed by atoms with Crippen LogP contribution in [0.2, 0.25) is 0 Å². The minimum atomic E-state index is -0.941. The molecular weight excluding hydrogens is 220 g/mol. The summed E-state index contributed by atoms with van der Waals surface area (Å²) < 4.78 is 5.46. The summed E-state index contributed by atoms with van der Waals surface area (Å²) in [4.78, 5) is 17.1. The molecule has 1 saturated heterocycles. The Bertz CT molecular complexity index is 391. The van der Waals surface area contributed by atoms with Crippen molar-refractivity contribution < 1.29 is 14.6 Å². The number of carbonyl (C=O) groups is 1. The van der Waals surface area contributed by atoms with Crippen molar-refractivity contribution in [3.05, 3.63) is 29.6 Å². The molecule has 1 aliphatic heterocycles. The summed E-state index contributed by atoms with van der Waals surface area (Å²) in [6, 6.07) is 3.36. The van der Waals surface area contributed by atoms with Gasteiger partial charge in [-0.25, -0.2) is 4.79 Å². The monoisotopic (exact) mass is 236 g/mol. The zero-order valence-electron chi connectivity index (χ0n) is 9.80. The molecule has 0 aliphatic carbocycles. The van der Waals surface area contributed by atoms with Crippen LogP contribution < -0.4 is 0 Å². The molecule has 0 saturated carbocycles. The van der Waals surface area contributed by atoms with E-state index in [1.54, 1.807) is 12.1 Å². The van der Waals surface area contributed by atoms with Crippen molar-refractivity contribution in [3.63, 3.8) is 0 Å². The summed E-state index contributed by atoms with van der Waals surface area (Å²) in [5.41, 5.74) is 1.12. The minimum absolute atomic E-state index is 0.226. The van der Waals surface area contributed by atoms with Crippen LogP contribution >= 0.6 is 0 Å². The molecular formula is C12H16N2O3. The molecule has 0 radical (unpaired) electrons. The van der Waals surface area contributed by atoms with E-state index in [9.17, 15) is 4.79 Å². The molecule has 2 rings (SSSR count). The lowest BCUT2D eigenvalue weighted by Gasteiger charge is -2.30. The third kappa shape index (κ3) is 3.25. The third-order valence-electron chi connectivity index (χ3n) is 2.78. The van der Waals surface area contributed by atoms with E-state index in [-0.39, 0.29) is 11.7 Å². The third-order valence-corrected chi connectivity index (χ3v) is 2.78. The first-order valence-corrected chi connectivity index (χ1v) is 5.67. The van der Waals surface area contributed by atoms with Crippen LogP contribution in [0.4, 0.5) is 0 Å². The Balaban J connectivity index is 1.96. The number of morpholine rings is 1. The summed E-state index contributed by atoms with van der Waals surface area (Å²) in [5.74, 6) is -0.941. The van der Waals surface area contributed by atoms with Gasteiger partial charge in [-0.1, -0.05) is 0 Å². The molecule has 0 spiro atoms. The topological polar surface area (TPSA) is 62.7 Å². The van der Waals surface area contributed by atoms with Gasteiger partial charge in [-0.15, -0.1) is 0 Å². The predicted molar refractivity (Wildman–Crippen MR) is 61.9 cm³/mol. The van der Waals surface area contributed by atoms with Crippen molar-refractivity contribution in [1.82, 2.24) is 9.88 Å². The maximum Gasteiger partial charge on any atom is 0.337 e. The van der Waals surface area contributed by atoms with Crippen LogP contribution in [0.15, 0.2) is 18.3 Å². The molecule has 1 unspecified atom stereocenters. The number of aromatic carboxylic acids is 1. The van der Waals surface area contributed by atoms with Gasteiger partial charge in [0.1, 0.15) is 0 Å². The van der Waals surface area contributed by atoms with Gasteiger partial charge in [-0.2, -0.15) is 0 Å². The lowest BCUT2D eigenvalue weighted by molar-refractivity contribution is -0.0215. The van der Waals surface area contributed by atoms with E-state index in [2.05, 4.69) is 9.88 Å². The number of pyridine rings is 1. The van der Waals surface area contributed by atoms with Crippen LogP contribution in [-0.4, -0.2) is 46.8 Å². The van der Waals surface area contributed by atoms with Crippen LogP contribution in [-0.2, 0) is 11.3 Å². The maximum atomic E-state index is 10.7. The molecule has 17 heavy (non-hydrogen) atoms. The van der Waals surface area contributed by atoms with Crippen molar-refractivity contribution in [3.8, 4) is 0 Å². The first kappa shape index (κ1) is 12.0. The first-order chi connectivity index (χ1) is 8.15. The van der Waals surface area contributed by atoms with E-state index >= 15 is 0 Å². The number of ether oxygens (including phenoxy) is 1. The molecule has 1 fully saturated rings. The van der Waals surface area contributed by atoms with Gasteiger partial charge >= 0.3 is 5.97 Å². The Kier molecular flexibility index (Phi) is 3.71. The zero-order chi connectivity index (χ0) is 12.3. The van der Waals surface area contributed by atoms with Gasteiger partial charge in [0, 0.05) is 25.8 Å². The number of carboxylic acid groups (broad SMARTS) is 1. The molecule has 92 valence electrons. The Morgan fingerprint density at radius 3 is 3.06 bits per heavy atom. The first-order valence-electron chi connectivity index (χ1n) is 5.67. The normalized spacial score (nSPS) is 21.4. The molecule has 0 amide bonds. The number of carboxylic acids is 1. The predicted octanol–water partition coefficient (Wildman–Crippen LogP) is 1.00. The summed E-state index contributed by atoms with van der Waals surface area (Å²) >= 11 is 0. The SMILES string of the molecule is CC1CN(Cc2ccc(C(=O)O)cn2)CCO1. The van der Waals surface area contributed by atoms with Crippen LogP contribution in [0.3, 0.4) is 0 Å². The summed E-state index contributed by atoms with van der Waals surface area (Å²) in [6.45, 7) is 5.32. The Labute approximate surface area is 100 Å². The van der Waals surface area contributed by atoms with Crippen molar-refractivity contribution in [1.29, 1.82) is 0 Å². The standard InChI is InChI=1S/C12H16N2O3/c1-9-7-14(4-5-17-9)8-11-3-2-10(6-13-11)12(15)16/h2-3,6,9H,4-5,7-8H2,1H3,(H,15,16). The van der Waals surface area contributed by atoms with Crippen LogP contribution in [0.5, 0.6) is 0 Å². The Morgan fingerprint density at radius 1 is 1.65 bits per heavy atom. The molecule has 2 heterocycles. The second-order valence-corrected chi connectivity index (χ2v) is 4.26. The lowest BCUT2D eigenvalue weighted by Crippen LogP contribution is -2.40. The second-order valence-electron chi connectivity index (χ2n) is 4.26. The van der Waals surface area contributed by atoms with Crippen LogP contribution in [0, 0.1) is 0 Å². The Morgan fingerprint density at radius 2 is 2.47 bits per heavy atom. The summed E-state index contributed by atoms with van der Waals surface area (Å²) in [6.07, 6.45) is 1.66. The summed E-state index contributed by atoms with van der Waals surface area (Å²) in [5, 5.41) is 8.76. The molecule has 1 aliphatic rings. The van der Waals surface area contributed by atoms with E-state index < -0.39 is 5.97 Å². The van der Waals surface area contributed by atoms with Crippen molar-refractivity contribution in [2.45, 2.75) is 19.6 Å². The largest absolute Gasteiger partial charge is 0.478 e. The summed E-state index contributed by atoms with van der Waals surface area (Å²) in [7, 11) is 0. The highest BCUT2D eigenvalue weighted by molar-refractivity contribution is 5.87. The molecule has 1 aromatic heterocycles. The number of aromatic nitrogens is 1. The van der Waals surface area contributed by atoms with Gasteiger partial charge in [0.25, 0.3) is 0 Å².